The first-order valence-electron chi connectivity index (χ1n) is 13.7. The van der Waals surface area contributed by atoms with E-state index in [-0.39, 0.29) is 22.9 Å². The fourth-order valence-electron chi connectivity index (χ4n) is 5.32. The van der Waals surface area contributed by atoms with E-state index in [4.69, 9.17) is 4.74 Å². The number of nitrogens with one attached hydrogen (secondary N) is 1. The molecule has 0 bridgehead atoms. The molecule has 1 aliphatic rings. The van der Waals surface area contributed by atoms with Gasteiger partial charge in [0.25, 0.3) is 0 Å². The molecule has 1 aromatic heterocycles. The van der Waals surface area contributed by atoms with Crippen molar-refractivity contribution in [2.75, 3.05) is 52.8 Å². The summed E-state index contributed by atoms with van der Waals surface area (Å²) >= 11 is 0. The molecule has 4 rings (SSSR count). The van der Waals surface area contributed by atoms with E-state index in [9.17, 15) is 28.0 Å². The number of alkyl halides is 3. The summed E-state index contributed by atoms with van der Waals surface area (Å²) in [7, 11) is 7.22. The number of carbonyl (C=O) groups is 1. The number of halogens is 3. The van der Waals surface area contributed by atoms with Crippen LogP contribution in [-0.2, 0) is 22.1 Å². The maximum atomic E-state index is 13.6. The molecule has 228 valence electrons. The van der Waals surface area contributed by atoms with Crippen molar-refractivity contribution in [3.8, 4) is 6.07 Å². The number of ether oxygens (including phenoxy) is 1. The molecule has 0 saturated carbocycles. The molecule has 2 aromatic carbocycles. The van der Waals surface area contributed by atoms with E-state index in [1.54, 1.807) is 25.1 Å². The fraction of sp³-hybridized carbons (Fsp3) is 0.400. The number of methoxy groups -OCH3 is 1. The van der Waals surface area contributed by atoms with Crippen LogP contribution in [0, 0.1) is 11.3 Å². The number of rotatable bonds is 10. The maximum Gasteiger partial charge on any atom is 0.416 e. The van der Waals surface area contributed by atoms with Crippen LogP contribution in [0.4, 0.5) is 24.8 Å². The average molecular weight is 598 g/mol. The van der Waals surface area contributed by atoms with Crippen molar-refractivity contribution in [1.29, 1.82) is 5.26 Å². The molecule has 1 N–H and O–H groups in total. The highest BCUT2D eigenvalue weighted by molar-refractivity contribution is 5.93. The molecule has 0 saturated heterocycles. The lowest BCUT2D eigenvalue weighted by atomic mass is 9.89. The van der Waals surface area contributed by atoms with Gasteiger partial charge in [0, 0.05) is 17.9 Å². The number of anilines is 2. The third kappa shape index (κ3) is 6.65. The molecule has 0 fully saturated rings. The Hall–Kier alpha value is -4.41. The lowest BCUT2D eigenvalue weighted by molar-refractivity contribution is -0.138. The number of hydrogen-bond acceptors (Lipinski definition) is 8. The highest BCUT2D eigenvalue weighted by atomic mass is 19.4. The van der Waals surface area contributed by atoms with Crippen molar-refractivity contribution >= 4 is 17.6 Å². The maximum absolute atomic E-state index is 13.6. The van der Waals surface area contributed by atoms with Crippen LogP contribution in [0.3, 0.4) is 0 Å². The molecule has 43 heavy (non-hydrogen) atoms. The van der Waals surface area contributed by atoms with Crippen LogP contribution in [-0.4, -0.2) is 78.4 Å². The monoisotopic (exact) mass is 597 g/mol. The lowest BCUT2D eigenvalue weighted by Gasteiger charge is -2.36. The van der Waals surface area contributed by atoms with Crippen molar-refractivity contribution in [3.05, 3.63) is 86.5 Å². The van der Waals surface area contributed by atoms with Crippen LogP contribution >= 0.6 is 0 Å². The van der Waals surface area contributed by atoms with Gasteiger partial charge in [0.05, 0.1) is 29.9 Å². The summed E-state index contributed by atoms with van der Waals surface area (Å²) in [5.74, 6) is -0.745. The predicted octanol–water partition coefficient (Wildman–Crippen LogP) is 4.08. The first-order valence-corrected chi connectivity index (χ1v) is 13.7. The summed E-state index contributed by atoms with van der Waals surface area (Å²) in [6.45, 7) is 3.99. The summed E-state index contributed by atoms with van der Waals surface area (Å²) in [5, 5.41) is 16.2. The Morgan fingerprint density at radius 2 is 1.88 bits per heavy atom. The van der Waals surface area contributed by atoms with Gasteiger partial charge < -0.3 is 14.5 Å². The third-order valence-corrected chi connectivity index (χ3v) is 7.45. The minimum atomic E-state index is -4.61. The van der Waals surface area contributed by atoms with E-state index in [1.807, 2.05) is 21.1 Å². The summed E-state index contributed by atoms with van der Waals surface area (Å²) in [6, 6.07) is 10.7. The molecule has 10 nitrogen and oxygen atoms in total. The third-order valence-electron chi connectivity index (χ3n) is 7.45. The second-order valence-corrected chi connectivity index (χ2v) is 10.7. The van der Waals surface area contributed by atoms with Gasteiger partial charge in [-0.25, -0.2) is 19.3 Å². The van der Waals surface area contributed by atoms with Crippen LogP contribution in [0.2, 0.25) is 0 Å². The number of likely N-dealkylation sites (N-methyl/N-ethyl adjacent to an activating group) is 1. The van der Waals surface area contributed by atoms with Crippen LogP contribution in [0.5, 0.6) is 0 Å². The molecule has 2 heterocycles. The normalized spacial score (nSPS) is 15.2. The van der Waals surface area contributed by atoms with Crippen molar-refractivity contribution in [2.24, 2.45) is 0 Å². The van der Waals surface area contributed by atoms with Gasteiger partial charge >= 0.3 is 17.8 Å². The molecule has 0 radical (unpaired) electrons. The molecule has 3 aromatic rings. The number of aromatic nitrogens is 3. The Bertz CT molecular complexity index is 1620. The Morgan fingerprint density at radius 1 is 1.14 bits per heavy atom. The number of H-pyrrole nitrogens is 1. The van der Waals surface area contributed by atoms with Gasteiger partial charge in [0.15, 0.2) is 0 Å². The van der Waals surface area contributed by atoms with Gasteiger partial charge in [-0.2, -0.15) is 18.4 Å². The largest absolute Gasteiger partial charge is 0.466 e. The van der Waals surface area contributed by atoms with Crippen molar-refractivity contribution in [2.45, 2.75) is 32.0 Å². The Kier molecular flexibility index (Phi) is 9.42. The minimum absolute atomic E-state index is 0.00981. The summed E-state index contributed by atoms with van der Waals surface area (Å²) in [4.78, 5) is 32.3. The second-order valence-electron chi connectivity index (χ2n) is 10.7. The highest BCUT2D eigenvalue weighted by Gasteiger charge is 2.41. The SMILES string of the molecule is COC(=O)C1=C(C)N(c2cccc(C(F)(F)F)c2)c2n[nH]c(=O)n2[C@@H]1c1ccc(C#N)cc1CCN(C)CCCN(C)C. The first kappa shape index (κ1) is 31.5. The number of esters is 1. The quantitative estimate of drug-likeness (QED) is 0.349. The number of allylic oxidation sites excluding steroid dienone is 1. The zero-order valence-electron chi connectivity index (χ0n) is 24.7. The number of aromatic amines is 1. The topological polar surface area (TPSA) is 110 Å². The van der Waals surface area contributed by atoms with Gasteiger partial charge in [-0.15, -0.1) is 5.10 Å². The number of nitriles is 1. The molecular weight excluding hydrogens is 563 g/mol. The summed E-state index contributed by atoms with van der Waals surface area (Å²) < 4.78 is 47.2. The zero-order valence-corrected chi connectivity index (χ0v) is 24.7. The zero-order chi connectivity index (χ0) is 31.5. The number of nitrogens with zero attached hydrogens (tertiary/aromatic N) is 6. The Balaban J connectivity index is 1.86. The predicted molar refractivity (Wildman–Crippen MR) is 155 cm³/mol. The number of benzene rings is 2. The van der Waals surface area contributed by atoms with Crippen molar-refractivity contribution in [1.82, 2.24) is 24.6 Å². The molecule has 13 heteroatoms. The van der Waals surface area contributed by atoms with Gasteiger partial charge in [-0.05, 0) is 95.5 Å². The minimum Gasteiger partial charge on any atom is -0.466 e. The molecule has 1 atom stereocenters. The van der Waals surface area contributed by atoms with E-state index in [2.05, 4.69) is 26.1 Å². The fourth-order valence-corrected chi connectivity index (χ4v) is 5.32. The molecular formula is C30H34F3N7O3. The van der Waals surface area contributed by atoms with Crippen LogP contribution < -0.4 is 10.6 Å². The van der Waals surface area contributed by atoms with Gasteiger partial charge in [-0.1, -0.05) is 12.1 Å². The molecule has 0 unspecified atom stereocenters. The number of hydrogen-bond donors (Lipinski definition) is 1. The Morgan fingerprint density at radius 3 is 2.53 bits per heavy atom. The summed E-state index contributed by atoms with van der Waals surface area (Å²) in [6.07, 6.45) is -3.14. The Labute approximate surface area is 247 Å². The van der Waals surface area contributed by atoms with Gasteiger partial charge in [0.2, 0.25) is 5.95 Å². The van der Waals surface area contributed by atoms with Crippen molar-refractivity contribution < 1.29 is 22.7 Å². The molecule has 0 spiro atoms. The van der Waals surface area contributed by atoms with Crippen LogP contribution in [0.1, 0.15) is 41.6 Å². The molecule has 0 aliphatic carbocycles. The van der Waals surface area contributed by atoms with E-state index < -0.39 is 29.4 Å². The van der Waals surface area contributed by atoms with Crippen LogP contribution in [0.25, 0.3) is 0 Å². The number of fused-ring (bicyclic) bond motifs is 1. The average Bonchev–Trinajstić information content (AvgIpc) is 3.34. The second kappa shape index (κ2) is 12.8. The van der Waals surface area contributed by atoms with Gasteiger partial charge in [-0.3, -0.25) is 4.90 Å². The molecule has 0 amide bonds. The van der Waals surface area contributed by atoms with Crippen molar-refractivity contribution in [3.63, 3.8) is 0 Å². The van der Waals surface area contributed by atoms with Crippen LogP contribution in [0.15, 0.2) is 58.5 Å². The first-order chi connectivity index (χ1) is 20.4. The number of carbonyl (C=O) groups excluding carboxylic acids is 1. The molecule has 1 aliphatic heterocycles. The van der Waals surface area contributed by atoms with E-state index >= 15 is 0 Å². The lowest BCUT2D eigenvalue weighted by Crippen LogP contribution is -2.38. The smallest absolute Gasteiger partial charge is 0.416 e. The highest BCUT2D eigenvalue weighted by Crippen LogP contribution is 2.43. The van der Waals surface area contributed by atoms with Gasteiger partial charge in [0.1, 0.15) is 6.04 Å². The van der Waals surface area contributed by atoms with E-state index in [0.717, 1.165) is 37.2 Å². The standard InChI is InChI=1S/C30H34F3N7O3/c1-19-25(27(41)43-5)26(24-11-10-20(18-34)16-21(24)12-15-38(4)14-7-13-37(2)3)40-28(35-36-29(40)42)39(19)23-9-6-8-22(17-23)30(31,32)33/h6,8-11,16-17,26H,7,12-15H2,1-5H3,(H,36,42)/t26-/m1/s1. The van der Waals surface area contributed by atoms with E-state index in [1.165, 1.54) is 28.7 Å². The summed E-state index contributed by atoms with van der Waals surface area (Å²) in [5.41, 5.74) is 0.538. The van der Waals surface area contributed by atoms with E-state index in [0.29, 0.717) is 24.1 Å².